The maximum absolute atomic E-state index is 13.5. The lowest BCUT2D eigenvalue weighted by atomic mass is 9.81. The fourth-order valence-corrected chi connectivity index (χ4v) is 6.58. The number of hydrogen-bond acceptors (Lipinski definition) is 2. The molecule has 1 saturated carbocycles. The molecule has 0 saturated heterocycles. The molecule has 0 unspecified atom stereocenters. The smallest absolute Gasteiger partial charge is 0.251 e. The van der Waals surface area contributed by atoms with Crippen molar-refractivity contribution in [3.05, 3.63) is 88.7 Å². The number of aromatic nitrogens is 1. The van der Waals surface area contributed by atoms with Gasteiger partial charge < -0.3 is 14.8 Å². The molecule has 0 bridgehead atoms. The van der Waals surface area contributed by atoms with Gasteiger partial charge in [0.15, 0.2) is 0 Å². The second-order valence-corrected chi connectivity index (χ2v) is 10.9. The SMILES string of the molecule is CNC(=O)c1ccc2c(C3CCCCC3)c3n(c2c1)CCN(CCc1ccc(F)cc1)c1cc(C)ccc1-3. The summed E-state index contributed by atoms with van der Waals surface area (Å²) >= 11 is 0. The average molecular weight is 510 g/mol. The van der Waals surface area contributed by atoms with E-state index in [1.165, 1.54) is 65.6 Å². The Hall–Kier alpha value is -3.60. The van der Waals surface area contributed by atoms with E-state index >= 15 is 0 Å². The van der Waals surface area contributed by atoms with Crippen LogP contribution in [0.1, 0.15) is 65.1 Å². The Morgan fingerprint density at radius 2 is 1.76 bits per heavy atom. The van der Waals surface area contributed by atoms with Crippen molar-refractivity contribution in [2.24, 2.45) is 0 Å². The highest BCUT2D eigenvalue weighted by Gasteiger charge is 2.30. The van der Waals surface area contributed by atoms with Crippen LogP contribution in [0.3, 0.4) is 0 Å². The summed E-state index contributed by atoms with van der Waals surface area (Å²) < 4.78 is 16.0. The Morgan fingerprint density at radius 1 is 0.974 bits per heavy atom. The molecule has 1 amide bonds. The van der Waals surface area contributed by atoms with Gasteiger partial charge in [0.2, 0.25) is 0 Å². The van der Waals surface area contributed by atoms with Crippen molar-refractivity contribution in [1.82, 2.24) is 9.88 Å². The van der Waals surface area contributed by atoms with E-state index in [2.05, 4.69) is 52.0 Å². The highest BCUT2D eigenvalue weighted by molar-refractivity contribution is 6.01. The number of carbonyl (C=O) groups is 1. The number of rotatable bonds is 5. The number of hydrogen-bond donors (Lipinski definition) is 1. The van der Waals surface area contributed by atoms with Crippen molar-refractivity contribution in [3.8, 4) is 11.3 Å². The summed E-state index contributed by atoms with van der Waals surface area (Å²) in [6.45, 7) is 4.76. The van der Waals surface area contributed by atoms with Crippen LogP contribution in [0.5, 0.6) is 0 Å². The van der Waals surface area contributed by atoms with Crippen molar-refractivity contribution >= 4 is 22.5 Å². The summed E-state index contributed by atoms with van der Waals surface area (Å²) in [4.78, 5) is 15.1. The molecule has 2 heterocycles. The number of nitrogens with one attached hydrogen (secondary N) is 1. The molecule has 6 rings (SSSR count). The summed E-state index contributed by atoms with van der Waals surface area (Å²) in [7, 11) is 1.69. The number of fused-ring (bicyclic) bond motifs is 5. The first kappa shape index (κ1) is 24.7. The minimum absolute atomic E-state index is 0.0489. The van der Waals surface area contributed by atoms with Crippen molar-refractivity contribution in [2.75, 3.05) is 25.0 Å². The topological polar surface area (TPSA) is 37.3 Å². The molecule has 1 aliphatic heterocycles. The first-order valence-corrected chi connectivity index (χ1v) is 14.0. The first-order valence-electron chi connectivity index (χ1n) is 14.0. The number of amides is 1. The molecule has 3 aromatic carbocycles. The number of benzene rings is 3. The average Bonchev–Trinajstić information content (AvgIpc) is 3.18. The Morgan fingerprint density at radius 3 is 2.53 bits per heavy atom. The number of aryl methyl sites for hydroxylation is 1. The largest absolute Gasteiger partial charge is 0.369 e. The predicted molar refractivity (Wildman–Crippen MR) is 154 cm³/mol. The lowest BCUT2D eigenvalue weighted by Gasteiger charge is -2.26. The van der Waals surface area contributed by atoms with E-state index in [1.54, 1.807) is 19.2 Å². The zero-order valence-corrected chi connectivity index (χ0v) is 22.4. The van der Waals surface area contributed by atoms with Gasteiger partial charge in [0.1, 0.15) is 5.82 Å². The molecule has 0 atom stereocenters. The summed E-state index contributed by atoms with van der Waals surface area (Å²) in [6, 6.07) is 20.0. The molecule has 2 aliphatic rings. The zero-order valence-electron chi connectivity index (χ0n) is 22.4. The van der Waals surface area contributed by atoms with Gasteiger partial charge in [-0.2, -0.15) is 0 Å². The summed E-state index contributed by atoms with van der Waals surface area (Å²) in [5.74, 6) is 0.294. The van der Waals surface area contributed by atoms with Gasteiger partial charge in [-0.1, -0.05) is 49.6 Å². The fraction of sp³-hybridized carbons (Fsp3) is 0.364. The Labute approximate surface area is 224 Å². The third-order valence-corrected chi connectivity index (χ3v) is 8.53. The van der Waals surface area contributed by atoms with Gasteiger partial charge in [0.05, 0.1) is 5.69 Å². The van der Waals surface area contributed by atoms with Crippen LogP contribution in [0.4, 0.5) is 10.1 Å². The standard InChI is InChI=1S/C33H36FN3O/c1-22-8-14-28-29(20-22)36(17-16-23-9-12-26(34)13-10-23)18-19-37-30-21-25(33(38)35-2)11-15-27(30)31(32(28)37)24-6-4-3-5-7-24/h8-15,20-21,24H,3-7,16-19H2,1-2H3,(H,35,38). The number of nitrogens with zero attached hydrogens (tertiary/aromatic N) is 2. The van der Waals surface area contributed by atoms with Gasteiger partial charge in [-0.3, -0.25) is 4.79 Å². The Balaban J connectivity index is 1.49. The van der Waals surface area contributed by atoms with E-state index in [0.29, 0.717) is 11.5 Å². The maximum atomic E-state index is 13.5. The van der Waals surface area contributed by atoms with Crippen molar-refractivity contribution in [2.45, 2.75) is 57.9 Å². The van der Waals surface area contributed by atoms with E-state index < -0.39 is 0 Å². The molecular formula is C33H36FN3O. The summed E-state index contributed by atoms with van der Waals surface area (Å²) in [6.07, 6.45) is 7.17. The lowest BCUT2D eigenvalue weighted by Crippen LogP contribution is -2.28. The van der Waals surface area contributed by atoms with Gasteiger partial charge in [-0.05, 0) is 79.1 Å². The van der Waals surface area contributed by atoms with Crippen molar-refractivity contribution in [3.63, 3.8) is 0 Å². The fourth-order valence-electron chi connectivity index (χ4n) is 6.58. The first-order chi connectivity index (χ1) is 18.5. The third-order valence-electron chi connectivity index (χ3n) is 8.53. The van der Waals surface area contributed by atoms with Crippen molar-refractivity contribution in [1.29, 1.82) is 0 Å². The van der Waals surface area contributed by atoms with E-state index in [1.807, 2.05) is 18.2 Å². The van der Waals surface area contributed by atoms with Crippen LogP contribution < -0.4 is 10.2 Å². The zero-order chi connectivity index (χ0) is 26.2. The van der Waals surface area contributed by atoms with E-state index in [4.69, 9.17) is 0 Å². The van der Waals surface area contributed by atoms with Gasteiger partial charge >= 0.3 is 0 Å². The lowest BCUT2D eigenvalue weighted by molar-refractivity contribution is 0.0963. The quantitative estimate of drug-likeness (QED) is 0.308. The molecule has 4 nitrogen and oxygen atoms in total. The molecule has 1 N–H and O–H groups in total. The van der Waals surface area contributed by atoms with Gasteiger partial charge in [-0.25, -0.2) is 4.39 Å². The predicted octanol–water partition coefficient (Wildman–Crippen LogP) is 7.23. The van der Waals surface area contributed by atoms with Crippen LogP contribution >= 0.6 is 0 Å². The second kappa shape index (κ2) is 10.3. The van der Waals surface area contributed by atoms with Crippen molar-refractivity contribution < 1.29 is 9.18 Å². The number of halogens is 1. The molecule has 1 aromatic heterocycles. The molecule has 38 heavy (non-hydrogen) atoms. The molecular weight excluding hydrogens is 473 g/mol. The molecule has 1 fully saturated rings. The molecule has 0 radical (unpaired) electrons. The van der Waals surface area contributed by atoms with Crippen LogP contribution in [0.15, 0.2) is 60.7 Å². The molecule has 0 spiro atoms. The van der Waals surface area contributed by atoms with Crippen LogP contribution in [0.2, 0.25) is 0 Å². The highest BCUT2D eigenvalue weighted by atomic mass is 19.1. The minimum Gasteiger partial charge on any atom is -0.369 e. The van der Waals surface area contributed by atoms with E-state index in [-0.39, 0.29) is 11.7 Å². The molecule has 196 valence electrons. The molecule has 4 aromatic rings. The molecule has 1 aliphatic carbocycles. The molecule has 5 heteroatoms. The highest BCUT2D eigenvalue weighted by Crippen LogP contribution is 2.47. The summed E-state index contributed by atoms with van der Waals surface area (Å²) in [5.41, 5.74) is 9.62. The van der Waals surface area contributed by atoms with Crippen LogP contribution in [0, 0.1) is 12.7 Å². The third kappa shape index (κ3) is 4.48. The van der Waals surface area contributed by atoms with E-state index in [9.17, 15) is 9.18 Å². The maximum Gasteiger partial charge on any atom is 0.251 e. The van der Waals surface area contributed by atoms with Gasteiger partial charge in [-0.15, -0.1) is 0 Å². The van der Waals surface area contributed by atoms with Crippen LogP contribution in [0.25, 0.3) is 22.2 Å². The normalized spacial score (nSPS) is 15.7. The van der Waals surface area contributed by atoms with Gasteiger partial charge in [0, 0.05) is 54.4 Å². The summed E-state index contributed by atoms with van der Waals surface area (Å²) in [5, 5.41) is 4.09. The van der Waals surface area contributed by atoms with Crippen LogP contribution in [-0.4, -0.2) is 30.6 Å². The number of carbonyl (C=O) groups excluding carboxylic acids is 1. The minimum atomic E-state index is -0.193. The van der Waals surface area contributed by atoms with E-state index in [0.717, 1.165) is 37.1 Å². The van der Waals surface area contributed by atoms with Crippen LogP contribution in [-0.2, 0) is 13.0 Å². The number of anilines is 1. The Kier molecular flexibility index (Phi) is 6.69. The Bertz CT molecular complexity index is 1480. The monoisotopic (exact) mass is 509 g/mol. The second-order valence-electron chi connectivity index (χ2n) is 10.9. The van der Waals surface area contributed by atoms with Gasteiger partial charge in [0.25, 0.3) is 5.91 Å².